The minimum absolute atomic E-state index is 0.116. The molecule has 2 aliphatic carbocycles. The molecule has 1 N–H and O–H groups in total. The van der Waals surface area contributed by atoms with Crippen LogP contribution >= 0.6 is 0 Å². The lowest BCUT2D eigenvalue weighted by Crippen LogP contribution is -2.31. The predicted octanol–water partition coefficient (Wildman–Crippen LogP) is 3.52. The number of carbonyl (C=O) groups is 4. The fraction of sp³-hybridized carbons (Fsp3) is 0.385. The van der Waals surface area contributed by atoms with Gasteiger partial charge in [-0.15, -0.1) is 0 Å². The largest absolute Gasteiger partial charge is 0.475 e. The van der Waals surface area contributed by atoms with Crippen molar-refractivity contribution in [3.63, 3.8) is 0 Å². The van der Waals surface area contributed by atoms with Gasteiger partial charge in [0.25, 0.3) is 0 Å². The Kier molecular flexibility index (Phi) is 9.25. The molecule has 0 spiro atoms. The number of esters is 2. The Labute approximate surface area is 203 Å². The van der Waals surface area contributed by atoms with Gasteiger partial charge >= 0.3 is 11.9 Å². The molecule has 4 rings (SSSR count). The maximum Gasteiger partial charge on any atom is 0.350 e. The van der Waals surface area contributed by atoms with Gasteiger partial charge in [-0.3, -0.25) is 9.59 Å². The molecule has 0 bridgehead atoms. The number of aldehydes is 2. The fourth-order valence-corrected chi connectivity index (χ4v) is 2.93. The standard InChI is InChI=1S/C13H14O4.C8H7FO.C5H8O3/c1-9-3-4-10(8-14)11(7-9)17-13(5-6-13)12(15)16-2;1-6-2-3-7(5-10)8(9)4-6;1-8-4(6)5(7)2-3-5/h3-4,7-8H,5-6H2,1-2H3;2-5H,1H3;7H,2-3H2,1H3. The smallest absolute Gasteiger partial charge is 0.350 e. The van der Waals surface area contributed by atoms with Crippen LogP contribution in [0.4, 0.5) is 4.39 Å². The molecule has 2 aliphatic rings. The van der Waals surface area contributed by atoms with Gasteiger partial charge in [-0.1, -0.05) is 12.1 Å². The van der Waals surface area contributed by atoms with Gasteiger partial charge in [-0.25, -0.2) is 14.0 Å². The quantitative estimate of drug-likeness (QED) is 0.485. The van der Waals surface area contributed by atoms with Crippen molar-refractivity contribution in [1.29, 1.82) is 0 Å². The van der Waals surface area contributed by atoms with Gasteiger partial charge in [-0.05, 0) is 62.1 Å². The van der Waals surface area contributed by atoms with E-state index in [1.165, 1.54) is 26.4 Å². The van der Waals surface area contributed by atoms with Crippen LogP contribution in [0, 0.1) is 19.7 Å². The number of methoxy groups -OCH3 is 2. The third-order valence-electron chi connectivity index (χ3n) is 5.43. The topological polar surface area (TPSA) is 116 Å². The summed E-state index contributed by atoms with van der Waals surface area (Å²) in [6.07, 6.45) is 3.61. The second kappa shape index (κ2) is 11.7. The molecule has 0 heterocycles. The van der Waals surface area contributed by atoms with Crippen LogP contribution in [0.1, 0.15) is 57.5 Å². The van der Waals surface area contributed by atoms with Crippen LogP contribution in [0.25, 0.3) is 0 Å². The number of rotatable bonds is 6. The van der Waals surface area contributed by atoms with Gasteiger partial charge in [-0.2, -0.15) is 0 Å². The van der Waals surface area contributed by atoms with E-state index >= 15 is 0 Å². The number of benzene rings is 2. The van der Waals surface area contributed by atoms with Crippen LogP contribution in [0.3, 0.4) is 0 Å². The molecule has 0 radical (unpaired) electrons. The van der Waals surface area contributed by atoms with Gasteiger partial charge in [0.2, 0.25) is 5.60 Å². The molecule has 0 aliphatic heterocycles. The monoisotopic (exact) mass is 488 g/mol. The summed E-state index contributed by atoms with van der Waals surface area (Å²) < 4.78 is 27.3. The first-order chi connectivity index (χ1) is 16.5. The van der Waals surface area contributed by atoms with Crippen molar-refractivity contribution in [2.24, 2.45) is 0 Å². The van der Waals surface area contributed by atoms with E-state index in [2.05, 4.69) is 4.74 Å². The van der Waals surface area contributed by atoms with Gasteiger partial charge in [0.05, 0.1) is 25.3 Å². The van der Waals surface area contributed by atoms with Crippen molar-refractivity contribution in [2.45, 2.75) is 50.7 Å². The summed E-state index contributed by atoms with van der Waals surface area (Å²) in [6, 6.07) is 9.78. The molecular formula is C26H29FO8. The lowest BCUT2D eigenvalue weighted by atomic mass is 10.1. The minimum atomic E-state index is -1.10. The second-order valence-corrected chi connectivity index (χ2v) is 8.41. The molecular weight excluding hydrogens is 459 g/mol. The van der Waals surface area contributed by atoms with Crippen molar-refractivity contribution in [3.8, 4) is 5.75 Å². The highest BCUT2D eigenvalue weighted by Gasteiger charge is 2.54. The molecule has 2 saturated carbocycles. The van der Waals surface area contributed by atoms with E-state index < -0.39 is 23.0 Å². The first-order valence-electron chi connectivity index (χ1n) is 10.9. The van der Waals surface area contributed by atoms with Crippen LogP contribution in [0.15, 0.2) is 36.4 Å². The van der Waals surface area contributed by atoms with E-state index in [-0.39, 0.29) is 11.5 Å². The highest BCUT2D eigenvalue weighted by molar-refractivity contribution is 5.85. The molecule has 0 amide bonds. The van der Waals surface area contributed by atoms with E-state index in [0.717, 1.165) is 17.4 Å². The van der Waals surface area contributed by atoms with Crippen molar-refractivity contribution in [1.82, 2.24) is 0 Å². The summed E-state index contributed by atoms with van der Waals surface area (Å²) in [5.41, 5.74) is 0.389. The van der Waals surface area contributed by atoms with Crippen LogP contribution in [0.5, 0.6) is 5.75 Å². The molecule has 0 saturated heterocycles. The highest BCUT2D eigenvalue weighted by Crippen LogP contribution is 2.42. The number of ether oxygens (including phenoxy) is 3. The van der Waals surface area contributed by atoms with E-state index in [9.17, 15) is 23.6 Å². The highest BCUT2D eigenvalue weighted by atomic mass is 19.1. The van der Waals surface area contributed by atoms with Crippen LogP contribution in [-0.4, -0.2) is 55.0 Å². The molecule has 35 heavy (non-hydrogen) atoms. The summed E-state index contributed by atoms with van der Waals surface area (Å²) in [5, 5.41) is 8.92. The lowest BCUT2D eigenvalue weighted by Gasteiger charge is -2.17. The van der Waals surface area contributed by atoms with E-state index in [1.54, 1.807) is 25.1 Å². The van der Waals surface area contributed by atoms with Gasteiger partial charge in [0.1, 0.15) is 11.6 Å². The molecule has 8 nitrogen and oxygen atoms in total. The average Bonchev–Trinajstić information content (AvgIpc) is 3.77. The molecule has 2 fully saturated rings. The lowest BCUT2D eigenvalue weighted by molar-refractivity contribution is -0.153. The number of aryl methyl sites for hydroxylation is 2. The van der Waals surface area contributed by atoms with Gasteiger partial charge < -0.3 is 19.3 Å². The van der Waals surface area contributed by atoms with E-state index in [1.807, 2.05) is 13.0 Å². The van der Waals surface area contributed by atoms with Crippen molar-refractivity contribution >= 4 is 24.5 Å². The molecule has 2 aromatic carbocycles. The van der Waals surface area contributed by atoms with Gasteiger partial charge in [0.15, 0.2) is 18.2 Å². The zero-order valence-electron chi connectivity index (χ0n) is 20.1. The second-order valence-electron chi connectivity index (χ2n) is 8.41. The normalized spacial score (nSPS) is 15.6. The zero-order chi connectivity index (χ0) is 26.2. The predicted molar refractivity (Wildman–Crippen MR) is 124 cm³/mol. The van der Waals surface area contributed by atoms with Crippen molar-refractivity contribution < 1.29 is 42.9 Å². The Morgan fingerprint density at radius 1 is 0.857 bits per heavy atom. The van der Waals surface area contributed by atoms with Crippen molar-refractivity contribution in [3.05, 3.63) is 64.5 Å². The van der Waals surface area contributed by atoms with Crippen molar-refractivity contribution in [2.75, 3.05) is 14.2 Å². The Morgan fingerprint density at radius 2 is 1.37 bits per heavy atom. The summed E-state index contributed by atoms with van der Waals surface area (Å²) in [4.78, 5) is 43.0. The Balaban J connectivity index is 0.000000204. The molecule has 0 unspecified atom stereocenters. The fourth-order valence-electron chi connectivity index (χ4n) is 2.93. The Hall–Kier alpha value is -3.59. The minimum Gasteiger partial charge on any atom is -0.475 e. The summed E-state index contributed by atoms with van der Waals surface area (Å²) in [5.74, 6) is -0.883. The Morgan fingerprint density at radius 3 is 1.77 bits per heavy atom. The number of hydrogen-bond donors (Lipinski definition) is 1. The first kappa shape index (κ1) is 27.7. The summed E-state index contributed by atoms with van der Waals surface area (Å²) in [6.45, 7) is 3.68. The SMILES string of the molecule is COC(=O)C1(O)CC1.COC(=O)C1(Oc2cc(C)ccc2C=O)CC1.Cc1ccc(C=O)c(F)c1. The zero-order valence-corrected chi connectivity index (χ0v) is 20.1. The Bertz CT molecular complexity index is 1090. The van der Waals surface area contributed by atoms with Crippen LogP contribution < -0.4 is 4.74 Å². The van der Waals surface area contributed by atoms with E-state index in [4.69, 9.17) is 14.6 Å². The third kappa shape index (κ3) is 7.45. The molecule has 9 heteroatoms. The first-order valence-corrected chi connectivity index (χ1v) is 10.9. The summed E-state index contributed by atoms with van der Waals surface area (Å²) in [7, 11) is 2.61. The number of carbonyl (C=O) groups excluding carboxylic acids is 4. The number of hydrogen-bond acceptors (Lipinski definition) is 8. The van der Waals surface area contributed by atoms with Gasteiger partial charge in [0, 0.05) is 12.8 Å². The number of halogens is 1. The maximum absolute atomic E-state index is 12.6. The van der Waals surface area contributed by atoms with Crippen LogP contribution in [0.2, 0.25) is 0 Å². The average molecular weight is 489 g/mol. The number of aliphatic hydroxyl groups is 1. The summed E-state index contributed by atoms with van der Waals surface area (Å²) >= 11 is 0. The molecule has 2 aromatic rings. The third-order valence-corrected chi connectivity index (χ3v) is 5.43. The van der Waals surface area contributed by atoms with E-state index in [0.29, 0.717) is 43.3 Å². The molecule has 0 aromatic heterocycles. The molecule has 0 atom stereocenters. The van der Waals surface area contributed by atoms with Crippen LogP contribution in [-0.2, 0) is 19.1 Å². The molecule has 188 valence electrons. The maximum atomic E-state index is 12.6.